The van der Waals surface area contributed by atoms with Crippen LogP contribution in [-0.4, -0.2) is 48.4 Å². The van der Waals surface area contributed by atoms with E-state index in [9.17, 15) is 4.79 Å². The second-order valence-electron chi connectivity index (χ2n) is 7.18. The molecule has 2 rings (SSSR count). The highest BCUT2D eigenvalue weighted by molar-refractivity contribution is 5.75. The molecule has 2 aliphatic rings. The summed E-state index contributed by atoms with van der Waals surface area (Å²) in [6.45, 7) is 11.6. The molecular formula is C20H34N2O. The van der Waals surface area contributed by atoms with E-state index in [4.69, 9.17) is 0 Å². The Labute approximate surface area is 142 Å². The number of carbonyl (C=O) groups is 1. The fraction of sp³-hybridized carbons (Fsp3) is 0.750. The second-order valence-corrected chi connectivity index (χ2v) is 7.18. The van der Waals surface area contributed by atoms with Gasteiger partial charge in [0.2, 0.25) is 5.91 Å². The first kappa shape index (κ1) is 18.3. The number of carbonyl (C=O) groups excluding carboxylic acids is 1. The van der Waals surface area contributed by atoms with Crippen LogP contribution in [0.2, 0.25) is 0 Å². The first-order chi connectivity index (χ1) is 11.1. The van der Waals surface area contributed by atoms with Crippen molar-refractivity contribution in [3.8, 4) is 0 Å². The van der Waals surface area contributed by atoms with Gasteiger partial charge in [0.1, 0.15) is 0 Å². The zero-order valence-corrected chi connectivity index (χ0v) is 15.3. The molecule has 1 heterocycles. The van der Waals surface area contributed by atoms with E-state index >= 15 is 0 Å². The van der Waals surface area contributed by atoms with Crippen LogP contribution in [0.15, 0.2) is 23.8 Å². The molecule has 1 aliphatic carbocycles. The van der Waals surface area contributed by atoms with Gasteiger partial charge in [-0.15, -0.1) is 0 Å². The molecule has 3 nitrogen and oxygen atoms in total. The Morgan fingerprint density at radius 1 is 1.26 bits per heavy atom. The molecule has 0 radical (unpaired) electrons. The summed E-state index contributed by atoms with van der Waals surface area (Å²) in [6.07, 6.45) is 12.6. The standard InChI is InChI=1S/C20H34N2O/c1-4-17(3)16-19-9-7-6-8-18(19)10-11-21-12-14-22(15-13-21)20(23)5-2/h6-8,17,19H,4-5,9-16H2,1-3H3. The van der Waals surface area contributed by atoms with Crippen molar-refractivity contribution in [1.29, 1.82) is 0 Å². The van der Waals surface area contributed by atoms with Crippen LogP contribution in [0.3, 0.4) is 0 Å². The molecule has 0 aromatic carbocycles. The molecule has 1 saturated heterocycles. The predicted octanol–water partition coefficient (Wildman–Crippen LogP) is 3.87. The van der Waals surface area contributed by atoms with Crippen molar-refractivity contribution in [3.05, 3.63) is 23.8 Å². The maximum Gasteiger partial charge on any atom is 0.222 e. The molecule has 0 aromatic rings. The van der Waals surface area contributed by atoms with Gasteiger partial charge in [-0.3, -0.25) is 9.69 Å². The molecule has 2 unspecified atom stereocenters. The third kappa shape index (κ3) is 5.49. The molecule has 0 bridgehead atoms. The van der Waals surface area contributed by atoms with Gasteiger partial charge in [-0.2, -0.15) is 0 Å². The maximum absolute atomic E-state index is 11.7. The summed E-state index contributed by atoms with van der Waals surface area (Å²) in [5.74, 6) is 1.87. The first-order valence-corrected chi connectivity index (χ1v) is 9.49. The Bertz CT molecular complexity index is 433. The van der Waals surface area contributed by atoms with Crippen LogP contribution >= 0.6 is 0 Å². The first-order valence-electron chi connectivity index (χ1n) is 9.49. The fourth-order valence-corrected chi connectivity index (χ4v) is 3.64. The van der Waals surface area contributed by atoms with Crippen LogP contribution in [0.1, 0.15) is 52.9 Å². The van der Waals surface area contributed by atoms with Gasteiger partial charge in [0.15, 0.2) is 0 Å². The Kier molecular flexibility index (Phi) is 7.35. The molecule has 130 valence electrons. The van der Waals surface area contributed by atoms with E-state index in [1.807, 2.05) is 11.8 Å². The molecule has 0 aromatic heterocycles. The van der Waals surface area contributed by atoms with Crippen LogP contribution in [0, 0.1) is 11.8 Å². The molecule has 0 spiro atoms. The second kappa shape index (κ2) is 9.27. The maximum atomic E-state index is 11.7. The summed E-state index contributed by atoms with van der Waals surface area (Å²) in [4.78, 5) is 16.3. The van der Waals surface area contributed by atoms with Crippen molar-refractivity contribution in [3.63, 3.8) is 0 Å². The topological polar surface area (TPSA) is 23.6 Å². The number of hydrogen-bond acceptors (Lipinski definition) is 2. The Morgan fingerprint density at radius 3 is 2.65 bits per heavy atom. The zero-order chi connectivity index (χ0) is 16.7. The molecule has 1 fully saturated rings. The van der Waals surface area contributed by atoms with Gasteiger partial charge < -0.3 is 4.90 Å². The van der Waals surface area contributed by atoms with Gasteiger partial charge >= 0.3 is 0 Å². The van der Waals surface area contributed by atoms with E-state index in [2.05, 4.69) is 37.0 Å². The van der Waals surface area contributed by atoms with E-state index in [-0.39, 0.29) is 0 Å². The van der Waals surface area contributed by atoms with E-state index in [0.717, 1.165) is 44.6 Å². The van der Waals surface area contributed by atoms with Crippen molar-refractivity contribution < 1.29 is 4.79 Å². The molecule has 1 aliphatic heterocycles. The molecular weight excluding hydrogens is 284 g/mol. The number of hydrogen-bond donors (Lipinski definition) is 0. The number of nitrogens with zero attached hydrogens (tertiary/aromatic N) is 2. The van der Waals surface area contributed by atoms with Crippen molar-refractivity contribution in [2.75, 3.05) is 32.7 Å². The normalized spacial score (nSPS) is 23.7. The molecule has 23 heavy (non-hydrogen) atoms. The average Bonchev–Trinajstić information content (AvgIpc) is 2.60. The minimum absolute atomic E-state index is 0.304. The molecule has 0 N–H and O–H groups in total. The summed E-state index contributed by atoms with van der Waals surface area (Å²) < 4.78 is 0. The van der Waals surface area contributed by atoms with Gasteiger partial charge in [-0.25, -0.2) is 0 Å². The summed E-state index contributed by atoms with van der Waals surface area (Å²) in [5, 5.41) is 0. The lowest BCUT2D eigenvalue weighted by Crippen LogP contribution is -2.48. The lowest BCUT2D eigenvalue weighted by atomic mass is 9.82. The number of rotatable bonds is 7. The highest BCUT2D eigenvalue weighted by Crippen LogP contribution is 2.30. The zero-order valence-electron chi connectivity index (χ0n) is 15.3. The number of piperazine rings is 1. The van der Waals surface area contributed by atoms with E-state index in [1.54, 1.807) is 5.57 Å². The lowest BCUT2D eigenvalue weighted by Gasteiger charge is -2.35. The van der Waals surface area contributed by atoms with E-state index in [1.165, 1.54) is 25.7 Å². The number of allylic oxidation sites excluding steroid dienone is 3. The minimum Gasteiger partial charge on any atom is -0.340 e. The van der Waals surface area contributed by atoms with Crippen LogP contribution in [0.25, 0.3) is 0 Å². The smallest absolute Gasteiger partial charge is 0.222 e. The van der Waals surface area contributed by atoms with Gasteiger partial charge in [0, 0.05) is 39.1 Å². The highest BCUT2D eigenvalue weighted by atomic mass is 16.2. The van der Waals surface area contributed by atoms with Gasteiger partial charge in [0.25, 0.3) is 0 Å². The fourth-order valence-electron chi connectivity index (χ4n) is 3.64. The van der Waals surface area contributed by atoms with Gasteiger partial charge in [-0.1, -0.05) is 51.0 Å². The highest BCUT2D eigenvalue weighted by Gasteiger charge is 2.22. The molecule has 3 heteroatoms. The van der Waals surface area contributed by atoms with Crippen LogP contribution in [0.5, 0.6) is 0 Å². The summed E-state index contributed by atoms with van der Waals surface area (Å²) >= 11 is 0. The van der Waals surface area contributed by atoms with Crippen molar-refractivity contribution in [1.82, 2.24) is 9.80 Å². The van der Waals surface area contributed by atoms with Crippen LogP contribution in [0.4, 0.5) is 0 Å². The van der Waals surface area contributed by atoms with E-state index in [0.29, 0.717) is 12.3 Å². The van der Waals surface area contributed by atoms with E-state index < -0.39 is 0 Å². The van der Waals surface area contributed by atoms with Gasteiger partial charge in [-0.05, 0) is 31.1 Å². The summed E-state index contributed by atoms with van der Waals surface area (Å²) in [6, 6.07) is 0. The average molecular weight is 319 g/mol. The Morgan fingerprint density at radius 2 is 2.00 bits per heavy atom. The molecule has 2 atom stereocenters. The number of amides is 1. The SMILES string of the molecule is CCC(=O)N1CCN(CCC2=CC=CCC2CC(C)CC)CC1. The van der Waals surface area contributed by atoms with Crippen molar-refractivity contribution >= 4 is 5.91 Å². The van der Waals surface area contributed by atoms with Crippen molar-refractivity contribution in [2.24, 2.45) is 11.8 Å². The van der Waals surface area contributed by atoms with Crippen LogP contribution < -0.4 is 0 Å². The van der Waals surface area contributed by atoms with Crippen LogP contribution in [-0.2, 0) is 4.79 Å². The van der Waals surface area contributed by atoms with Gasteiger partial charge in [0.05, 0.1) is 0 Å². The largest absolute Gasteiger partial charge is 0.340 e. The monoisotopic (exact) mass is 318 g/mol. The summed E-state index contributed by atoms with van der Waals surface area (Å²) in [5.41, 5.74) is 1.64. The Hall–Kier alpha value is -1.09. The Balaban J connectivity index is 1.77. The predicted molar refractivity (Wildman–Crippen MR) is 97.3 cm³/mol. The molecule has 0 saturated carbocycles. The quantitative estimate of drug-likeness (QED) is 0.711. The van der Waals surface area contributed by atoms with Crippen molar-refractivity contribution in [2.45, 2.75) is 52.9 Å². The third-order valence-corrected chi connectivity index (χ3v) is 5.52. The third-order valence-electron chi connectivity index (χ3n) is 5.52. The summed E-state index contributed by atoms with van der Waals surface area (Å²) in [7, 11) is 0. The molecule has 1 amide bonds. The lowest BCUT2D eigenvalue weighted by molar-refractivity contribution is -0.132. The minimum atomic E-state index is 0.304.